The summed E-state index contributed by atoms with van der Waals surface area (Å²) in [6, 6.07) is 3.97. The molecule has 0 radical (unpaired) electrons. The molecule has 3 heterocycles. The molecule has 0 spiro atoms. The number of rotatable bonds is 4. The first-order valence-corrected chi connectivity index (χ1v) is 8.35. The van der Waals surface area contributed by atoms with E-state index in [1.807, 2.05) is 18.4 Å². The lowest BCUT2D eigenvalue weighted by Gasteiger charge is -2.03. The van der Waals surface area contributed by atoms with E-state index in [0.29, 0.717) is 17.1 Å². The number of pyridine rings is 1. The number of carbonyl (C=O) groups excluding carboxylic acids is 1. The molecule has 0 aromatic carbocycles. The van der Waals surface area contributed by atoms with Crippen LogP contribution in [0.3, 0.4) is 0 Å². The number of nitrogens with one attached hydrogen (secondary N) is 1. The maximum atomic E-state index is 12.3. The normalized spacial score (nSPS) is 10.9. The largest absolute Gasteiger partial charge is 0.397 e. The summed E-state index contributed by atoms with van der Waals surface area (Å²) in [5.74, 6) is -0.120. The molecular formula is C15H15N3OS2. The molecule has 4 nitrogen and oxygen atoms in total. The molecular weight excluding hydrogens is 302 g/mol. The van der Waals surface area contributed by atoms with Crippen molar-refractivity contribution in [2.45, 2.75) is 13.3 Å². The lowest BCUT2D eigenvalue weighted by Crippen LogP contribution is -2.25. The van der Waals surface area contributed by atoms with Crippen LogP contribution in [0.4, 0.5) is 5.69 Å². The molecule has 0 saturated heterocycles. The summed E-state index contributed by atoms with van der Waals surface area (Å²) in [7, 11) is 0. The third kappa shape index (κ3) is 2.77. The van der Waals surface area contributed by atoms with E-state index in [9.17, 15) is 4.79 Å². The lowest BCUT2D eigenvalue weighted by molar-refractivity contribution is 0.0959. The first-order chi connectivity index (χ1) is 10.2. The molecule has 0 saturated carbocycles. The molecule has 0 aliphatic rings. The number of fused-ring (bicyclic) bond motifs is 1. The Morgan fingerprint density at radius 1 is 1.43 bits per heavy atom. The van der Waals surface area contributed by atoms with Gasteiger partial charge in [0.1, 0.15) is 9.71 Å². The Kier molecular flexibility index (Phi) is 3.90. The van der Waals surface area contributed by atoms with Gasteiger partial charge in [-0.3, -0.25) is 4.79 Å². The van der Waals surface area contributed by atoms with Gasteiger partial charge in [-0.25, -0.2) is 4.98 Å². The SMILES string of the molecule is Cc1ccnc2sc(C(=O)NCCc3ccsc3)c(N)c12. The first-order valence-electron chi connectivity index (χ1n) is 6.59. The van der Waals surface area contributed by atoms with Gasteiger partial charge in [-0.1, -0.05) is 0 Å². The zero-order chi connectivity index (χ0) is 14.8. The van der Waals surface area contributed by atoms with E-state index in [4.69, 9.17) is 5.73 Å². The van der Waals surface area contributed by atoms with Gasteiger partial charge in [0.2, 0.25) is 0 Å². The van der Waals surface area contributed by atoms with Crippen molar-refractivity contribution < 1.29 is 4.79 Å². The zero-order valence-electron chi connectivity index (χ0n) is 11.6. The molecule has 0 fully saturated rings. The molecule has 108 valence electrons. The lowest BCUT2D eigenvalue weighted by atomic mass is 10.1. The average Bonchev–Trinajstić information content (AvgIpc) is 3.08. The smallest absolute Gasteiger partial charge is 0.263 e. The van der Waals surface area contributed by atoms with Crippen molar-refractivity contribution in [2.24, 2.45) is 0 Å². The molecule has 0 atom stereocenters. The summed E-state index contributed by atoms with van der Waals surface area (Å²) in [5, 5.41) is 7.95. The standard InChI is InChI=1S/C15H15N3OS2/c1-9-2-5-18-15-11(9)12(16)13(21-15)14(19)17-6-3-10-4-7-20-8-10/h2,4-5,7-8H,3,6,16H2,1H3,(H,17,19). The van der Waals surface area contributed by atoms with Crippen molar-refractivity contribution in [3.05, 3.63) is 45.1 Å². The Hall–Kier alpha value is -1.92. The van der Waals surface area contributed by atoms with Crippen LogP contribution in [0.25, 0.3) is 10.2 Å². The Morgan fingerprint density at radius 3 is 3.00 bits per heavy atom. The van der Waals surface area contributed by atoms with Gasteiger partial charge >= 0.3 is 0 Å². The number of hydrogen-bond donors (Lipinski definition) is 2. The van der Waals surface area contributed by atoms with E-state index in [1.165, 1.54) is 16.9 Å². The fraction of sp³-hybridized carbons (Fsp3) is 0.200. The second-order valence-corrected chi connectivity index (χ2v) is 6.57. The van der Waals surface area contributed by atoms with Gasteiger partial charge in [-0.2, -0.15) is 11.3 Å². The second kappa shape index (κ2) is 5.83. The van der Waals surface area contributed by atoms with Crippen LogP contribution in [-0.4, -0.2) is 17.4 Å². The van der Waals surface area contributed by atoms with Gasteiger partial charge in [-0.15, -0.1) is 11.3 Å². The molecule has 1 amide bonds. The van der Waals surface area contributed by atoms with Crippen molar-refractivity contribution >= 4 is 44.5 Å². The molecule has 0 unspecified atom stereocenters. The molecule has 3 aromatic rings. The monoisotopic (exact) mass is 317 g/mol. The van der Waals surface area contributed by atoms with Crippen LogP contribution in [0, 0.1) is 6.92 Å². The van der Waals surface area contributed by atoms with Gasteiger partial charge < -0.3 is 11.1 Å². The third-order valence-corrected chi connectivity index (χ3v) is 5.17. The quantitative estimate of drug-likeness (QED) is 0.776. The van der Waals surface area contributed by atoms with Crippen LogP contribution in [0.5, 0.6) is 0 Å². The van der Waals surface area contributed by atoms with Crippen LogP contribution in [-0.2, 0) is 6.42 Å². The van der Waals surface area contributed by atoms with E-state index in [2.05, 4.69) is 21.7 Å². The molecule has 3 aromatic heterocycles. The number of aromatic nitrogens is 1. The number of carbonyl (C=O) groups is 1. The highest BCUT2D eigenvalue weighted by atomic mass is 32.1. The summed E-state index contributed by atoms with van der Waals surface area (Å²) in [5.41, 5.74) is 8.94. The summed E-state index contributed by atoms with van der Waals surface area (Å²) in [6.07, 6.45) is 2.57. The fourth-order valence-electron chi connectivity index (χ4n) is 2.21. The number of hydrogen-bond acceptors (Lipinski definition) is 5. The molecule has 6 heteroatoms. The molecule has 0 aliphatic carbocycles. The Labute approximate surface area is 130 Å². The summed E-state index contributed by atoms with van der Waals surface area (Å²) in [4.78, 5) is 17.9. The van der Waals surface area contributed by atoms with Crippen LogP contribution in [0.1, 0.15) is 20.8 Å². The third-order valence-electron chi connectivity index (χ3n) is 3.32. The number of nitrogen functional groups attached to an aromatic ring is 1. The zero-order valence-corrected chi connectivity index (χ0v) is 13.2. The highest BCUT2D eigenvalue weighted by molar-refractivity contribution is 7.21. The molecule has 0 aliphatic heterocycles. The topological polar surface area (TPSA) is 68.0 Å². The Bertz CT molecular complexity index is 778. The minimum absolute atomic E-state index is 0.120. The number of nitrogens with zero attached hydrogens (tertiary/aromatic N) is 1. The highest BCUT2D eigenvalue weighted by Crippen LogP contribution is 2.34. The molecule has 0 bridgehead atoms. The average molecular weight is 317 g/mol. The van der Waals surface area contributed by atoms with Crippen molar-refractivity contribution in [1.29, 1.82) is 0 Å². The van der Waals surface area contributed by atoms with Crippen molar-refractivity contribution in [3.8, 4) is 0 Å². The van der Waals surface area contributed by atoms with Crippen LogP contribution in [0.15, 0.2) is 29.1 Å². The predicted molar refractivity (Wildman–Crippen MR) is 89.1 cm³/mol. The van der Waals surface area contributed by atoms with E-state index >= 15 is 0 Å². The van der Waals surface area contributed by atoms with E-state index in [-0.39, 0.29) is 5.91 Å². The second-order valence-electron chi connectivity index (χ2n) is 4.79. The number of thiophene rings is 2. The van der Waals surface area contributed by atoms with Crippen molar-refractivity contribution in [3.63, 3.8) is 0 Å². The Balaban J connectivity index is 1.75. The number of amides is 1. The van der Waals surface area contributed by atoms with Gasteiger partial charge in [0.15, 0.2) is 0 Å². The van der Waals surface area contributed by atoms with Crippen LogP contribution in [0.2, 0.25) is 0 Å². The molecule has 3 rings (SSSR count). The maximum Gasteiger partial charge on any atom is 0.263 e. The van der Waals surface area contributed by atoms with Gasteiger partial charge in [0.25, 0.3) is 5.91 Å². The van der Waals surface area contributed by atoms with Gasteiger partial charge in [0, 0.05) is 18.1 Å². The number of nitrogens with two attached hydrogens (primary N) is 1. The molecule has 21 heavy (non-hydrogen) atoms. The minimum Gasteiger partial charge on any atom is -0.397 e. The fourth-order valence-corrected chi connectivity index (χ4v) is 3.97. The molecule has 3 N–H and O–H groups in total. The Morgan fingerprint density at radius 2 is 2.29 bits per heavy atom. The summed E-state index contributed by atoms with van der Waals surface area (Å²) < 4.78 is 0. The van der Waals surface area contributed by atoms with E-state index in [0.717, 1.165) is 22.2 Å². The van der Waals surface area contributed by atoms with E-state index < -0.39 is 0 Å². The maximum absolute atomic E-state index is 12.3. The summed E-state index contributed by atoms with van der Waals surface area (Å²) >= 11 is 3.01. The first kappa shape index (κ1) is 14.0. The highest BCUT2D eigenvalue weighted by Gasteiger charge is 2.17. The minimum atomic E-state index is -0.120. The van der Waals surface area contributed by atoms with Gasteiger partial charge in [0.05, 0.1) is 5.69 Å². The van der Waals surface area contributed by atoms with Crippen molar-refractivity contribution in [2.75, 3.05) is 12.3 Å². The number of anilines is 1. The predicted octanol–water partition coefficient (Wildman–Crippen LogP) is 3.22. The van der Waals surface area contributed by atoms with Crippen LogP contribution >= 0.6 is 22.7 Å². The van der Waals surface area contributed by atoms with E-state index in [1.54, 1.807) is 17.5 Å². The number of aryl methyl sites for hydroxylation is 1. The van der Waals surface area contributed by atoms with Gasteiger partial charge in [-0.05, 0) is 47.4 Å². The summed E-state index contributed by atoms with van der Waals surface area (Å²) in [6.45, 7) is 2.58. The van der Waals surface area contributed by atoms with Crippen LogP contribution < -0.4 is 11.1 Å². The van der Waals surface area contributed by atoms with Crippen molar-refractivity contribution in [1.82, 2.24) is 10.3 Å².